The number of nitrogens with zero attached hydrogens (tertiary/aromatic N) is 2. The van der Waals surface area contributed by atoms with Crippen LogP contribution in [0.25, 0.3) is 0 Å². The number of hydrogen-bond donors (Lipinski definition) is 1. The molecule has 2 atom stereocenters. The molecule has 76 valence electrons. The molecule has 0 amide bonds. The summed E-state index contributed by atoms with van der Waals surface area (Å²) in [7, 11) is 0. The molecule has 1 fully saturated rings. The maximum Gasteiger partial charge on any atom is 0.109 e. The van der Waals surface area contributed by atoms with E-state index in [1.807, 2.05) is 11.8 Å². The van der Waals surface area contributed by atoms with Gasteiger partial charge in [-0.2, -0.15) is 11.8 Å². The average Bonchev–Trinajstić information content (AvgIpc) is 2.30. The van der Waals surface area contributed by atoms with E-state index in [0.29, 0.717) is 10.9 Å². The SMILES string of the molecule is OC(c1cnccn1)C1CCCCS1. The Morgan fingerprint density at radius 3 is 3.00 bits per heavy atom. The van der Waals surface area contributed by atoms with E-state index in [0.717, 1.165) is 12.2 Å². The molecular weight excluding hydrogens is 196 g/mol. The van der Waals surface area contributed by atoms with Crippen LogP contribution in [-0.2, 0) is 0 Å². The molecule has 2 heterocycles. The summed E-state index contributed by atoms with van der Waals surface area (Å²) in [6, 6.07) is 0. The van der Waals surface area contributed by atoms with Gasteiger partial charge in [-0.1, -0.05) is 6.42 Å². The first kappa shape index (κ1) is 9.93. The molecule has 0 aliphatic carbocycles. The molecule has 3 nitrogen and oxygen atoms in total. The fourth-order valence-electron chi connectivity index (χ4n) is 1.67. The van der Waals surface area contributed by atoms with E-state index in [-0.39, 0.29) is 0 Å². The highest BCUT2D eigenvalue weighted by molar-refractivity contribution is 7.99. The van der Waals surface area contributed by atoms with E-state index in [4.69, 9.17) is 0 Å². The van der Waals surface area contributed by atoms with Crippen LogP contribution >= 0.6 is 11.8 Å². The van der Waals surface area contributed by atoms with Crippen LogP contribution < -0.4 is 0 Å². The summed E-state index contributed by atoms with van der Waals surface area (Å²) in [4.78, 5) is 8.10. The first-order valence-corrected chi connectivity index (χ1v) is 5.98. The highest BCUT2D eigenvalue weighted by atomic mass is 32.2. The van der Waals surface area contributed by atoms with E-state index in [1.165, 1.54) is 12.8 Å². The number of aliphatic hydroxyl groups excluding tert-OH is 1. The molecule has 1 aliphatic heterocycles. The van der Waals surface area contributed by atoms with Gasteiger partial charge >= 0.3 is 0 Å². The monoisotopic (exact) mass is 210 g/mol. The van der Waals surface area contributed by atoms with Gasteiger partial charge in [-0.15, -0.1) is 0 Å². The minimum absolute atomic E-state index is 0.306. The Balaban J connectivity index is 2.03. The van der Waals surface area contributed by atoms with Crippen LogP contribution in [0.4, 0.5) is 0 Å². The predicted molar refractivity (Wildman–Crippen MR) is 57.1 cm³/mol. The van der Waals surface area contributed by atoms with E-state index in [9.17, 15) is 5.11 Å². The minimum atomic E-state index is -0.450. The van der Waals surface area contributed by atoms with Crippen molar-refractivity contribution >= 4 is 11.8 Å². The maximum absolute atomic E-state index is 10.0. The molecule has 0 aromatic carbocycles. The number of aliphatic hydroxyl groups is 1. The Morgan fingerprint density at radius 2 is 2.36 bits per heavy atom. The first-order valence-electron chi connectivity index (χ1n) is 4.93. The van der Waals surface area contributed by atoms with Crippen molar-refractivity contribution in [2.45, 2.75) is 30.6 Å². The van der Waals surface area contributed by atoms with Crippen molar-refractivity contribution in [2.24, 2.45) is 0 Å². The largest absolute Gasteiger partial charge is 0.386 e. The van der Waals surface area contributed by atoms with Crippen LogP contribution in [0, 0.1) is 0 Å². The lowest BCUT2D eigenvalue weighted by atomic mass is 10.1. The third-order valence-electron chi connectivity index (χ3n) is 2.45. The minimum Gasteiger partial charge on any atom is -0.386 e. The molecular formula is C10H14N2OS. The average molecular weight is 210 g/mol. The van der Waals surface area contributed by atoms with E-state index in [1.54, 1.807) is 18.6 Å². The van der Waals surface area contributed by atoms with Crippen molar-refractivity contribution in [2.75, 3.05) is 5.75 Å². The Hall–Kier alpha value is -0.610. The van der Waals surface area contributed by atoms with E-state index in [2.05, 4.69) is 9.97 Å². The second-order valence-electron chi connectivity index (χ2n) is 3.48. The Labute approximate surface area is 88.0 Å². The summed E-state index contributed by atoms with van der Waals surface area (Å²) < 4.78 is 0. The molecule has 1 aromatic heterocycles. The molecule has 2 unspecified atom stereocenters. The van der Waals surface area contributed by atoms with Gasteiger partial charge in [0.1, 0.15) is 6.10 Å². The zero-order valence-electron chi connectivity index (χ0n) is 7.97. The van der Waals surface area contributed by atoms with Crippen LogP contribution in [0.5, 0.6) is 0 Å². The fourth-order valence-corrected chi connectivity index (χ4v) is 3.00. The molecule has 4 heteroatoms. The second-order valence-corrected chi connectivity index (χ2v) is 4.83. The summed E-state index contributed by atoms with van der Waals surface area (Å²) >= 11 is 1.85. The molecule has 2 rings (SSSR count). The van der Waals surface area contributed by atoms with Crippen molar-refractivity contribution in [3.8, 4) is 0 Å². The summed E-state index contributed by atoms with van der Waals surface area (Å²) in [5.41, 5.74) is 0.701. The number of thioether (sulfide) groups is 1. The molecule has 14 heavy (non-hydrogen) atoms. The van der Waals surface area contributed by atoms with Crippen molar-refractivity contribution in [3.63, 3.8) is 0 Å². The molecule has 1 aromatic rings. The highest BCUT2D eigenvalue weighted by Crippen LogP contribution is 2.33. The summed E-state index contributed by atoms with van der Waals surface area (Å²) in [6.45, 7) is 0. The predicted octanol–water partition coefficient (Wildman–Crippen LogP) is 1.80. The van der Waals surface area contributed by atoms with Gasteiger partial charge in [-0.05, 0) is 18.6 Å². The molecule has 0 bridgehead atoms. The van der Waals surface area contributed by atoms with Crippen LogP contribution in [0.1, 0.15) is 31.1 Å². The fraction of sp³-hybridized carbons (Fsp3) is 0.600. The highest BCUT2D eigenvalue weighted by Gasteiger charge is 2.24. The van der Waals surface area contributed by atoms with Gasteiger partial charge < -0.3 is 5.11 Å². The lowest BCUT2D eigenvalue weighted by Crippen LogP contribution is -2.19. The maximum atomic E-state index is 10.0. The summed E-state index contributed by atoms with van der Waals surface area (Å²) in [5, 5.41) is 10.3. The van der Waals surface area contributed by atoms with Crippen LogP contribution in [0.3, 0.4) is 0 Å². The molecule has 0 saturated carbocycles. The lowest BCUT2D eigenvalue weighted by molar-refractivity contribution is 0.163. The normalized spacial score (nSPS) is 24.5. The van der Waals surface area contributed by atoms with Crippen molar-refractivity contribution in [1.82, 2.24) is 9.97 Å². The number of rotatable bonds is 2. The van der Waals surface area contributed by atoms with Crippen LogP contribution in [0.15, 0.2) is 18.6 Å². The van der Waals surface area contributed by atoms with Gasteiger partial charge in [0.2, 0.25) is 0 Å². The second kappa shape index (κ2) is 4.75. The van der Waals surface area contributed by atoms with E-state index >= 15 is 0 Å². The molecule has 1 N–H and O–H groups in total. The molecule has 1 aliphatic rings. The third-order valence-corrected chi connectivity index (χ3v) is 3.90. The smallest absolute Gasteiger partial charge is 0.109 e. The van der Waals surface area contributed by atoms with Gasteiger partial charge in [0.25, 0.3) is 0 Å². The molecule has 1 saturated heterocycles. The molecule has 0 spiro atoms. The summed E-state index contributed by atoms with van der Waals surface area (Å²) in [6.07, 6.45) is 8.04. The number of hydrogen-bond acceptors (Lipinski definition) is 4. The van der Waals surface area contributed by atoms with Crippen LogP contribution in [0.2, 0.25) is 0 Å². The topological polar surface area (TPSA) is 46.0 Å². The van der Waals surface area contributed by atoms with Crippen molar-refractivity contribution in [1.29, 1.82) is 0 Å². The molecule has 0 radical (unpaired) electrons. The standard InChI is InChI=1S/C10H14N2OS/c13-10(8-7-11-4-5-12-8)9-3-1-2-6-14-9/h4-5,7,9-10,13H,1-3,6H2. The van der Waals surface area contributed by atoms with Gasteiger partial charge in [0, 0.05) is 17.6 Å². The lowest BCUT2D eigenvalue weighted by Gasteiger charge is -2.25. The zero-order chi connectivity index (χ0) is 9.80. The third kappa shape index (κ3) is 2.25. The van der Waals surface area contributed by atoms with Crippen LogP contribution in [-0.4, -0.2) is 26.1 Å². The first-order chi connectivity index (χ1) is 6.88. The van der Waals surface area contributed by atoms with Gasteiger partial charge in [0.05, 0.1) is 11.9 Å². The van der Waals surface area contributed by atoms with Gasteiger partial charge in [-0.25, -0.2) is 0 Å². The van der Waals surface area contributed by atoms with Gasteiger partial charge in [-0.3, -0.25) is 9.97 Å². The Bertz CT molecular complexity index is 275. The van der Waals surface area contributed by atoms with Crippen molar-refractivity contribution < 1.29 is 5.11 Å². The Morgan fingerprint density at radius 1 is 1.43 bits per heavy atom. The number of aromatic nitrogens is 2. The Kier molecular flexibility index (Phi) is 3.37. The zero-order valence-corrected chi connectivity index (χ0v) is 8.78. The summed E-state index contributed by atoms with van der Waals surface area (Å²) in [5.74, 6) is 1.15. The quantitative estimate of drug-likeness (QED) is 0.808. The van der Waals surface area contributed by atoms with Crippen molar-refractivity contribution in [3.05, 3.63) is 24.3 Å². The van der Waals surface area contributed by atoms with Gasteiger partial charge in [0.15, 0.2) is 0 Å². The van der Waals surface area contributed by atoms with E-state index < -0.39 is 6.10 Å².